The maximum atomic E-state index is 13.9. The number of nitrogens with one attached hydrogen (secondary N) is 5. The van der Waals surface area contributed by atoms with Gasteiger partial charge in [0.15, 0.2) is 5.75 Å². The Balaban J connectivity index is 0.000000133. The SMILES string of the molecule is C=C(c1cc2cnc(Nc3ccc(C4CCCNC4)cc3)nc2n(Cc2nccn2S(=O)(=O)C(C)C)c1=O)C1CC1.CCOc1cc2cnc(Nc3ccc(C4CCN(C)C4)cc3)nc2n(Cc2ccnn2S(C)(=O)=O)c1=O.O=c1c(C2CC2)cc2cnc(Nc3ccc(C4CCNCC4)cc3)nc2n1Cc1cncn1S(=O)(=O)c1nccs1. The second-order valence-corrected chi connectivity index (χ2v) is 38.0. The van der Waals surface area contributed by atoms with Gasteiger partial charge in [-0.2, -0.15) is 32.6 Å². The lowest BCUT2D eigenvalue weighted by Crippen LogP contribution is -2.29. The monoisotopic (exact) mass is 1680 g/mol. The lowest BCUT2D eigenvalue weighted by Gasteiger charge is -2.23. The Morgan fingerprint density at radius 1 is 0.588 bits per heavy atom. The average molecular weight is 1690 g/mol. The molecule has 32 nitrogen and oxygen atoms in total. The van der Waals surface area contributed by atoms with Crippen molar-refractivity contribution in [3.8, 4) is 5.75 Å². The minimum Gasteiger partial charge on any atom is -0.488 e. The molecule has 13 aromatic rings. The molecule has 3 saturated heterocycles. The number of likely N-dealkylation sites (tertiary alicyclic amines) is 1. The Hall–Kier alpha value is -11.5. The Morgan fingerprint density at radius 2 is 1.17 bits per heavy atom. The minimum absolute atomic E-state index is 0.0259. The summed E-state index contributed by atoms with van der Waals surface area (Å²) in [6, 6.07) is 31.7. The van der Waals surface area contributed by atoms with E-state index in [9.17, 15) is 39.6 Å². The number of pyridine rings is 3. The van der Waals surface area contributed by atoms with Gasteiger partial charge in [0.25, 0.3) is 36.7 Å². The first kappa shape index (κ1) is 81.2. The summed E-state index contributed by atoms with van der Waals surface area (Å²) >= 11 is 1.03. The first-order valence-electron chi connectivity index (χ1n) is 39.8. The molecule has 3 aliphatic heterocycles. The van der Waals surface area contributed by atoms with E-state index < -0.39 is 40.9 Å². The molecule has 2 atom stereocenters. The normalized spacial score (nSPS) is 16.8. The predicted molar refractivity (Wildman–Crippen MR) is 458 cm³/mol. The van der Waals surface area contributed by atoms with Crippen LogP contribution in [0.3, 0.4) is 0 Å². The molecule has 0 radical (unpaired) electrons. The van der Waals surface area contributed by atoms with Crippen molar-refractivity contribution in [2.24, 2.45) is 5.92 Å². The number of aromatic nitrogens is 16. The molecule has 5 fully saturated rings. The van der Waals surface area contributed by atoms with Gasteiger partial charge in [-0.25, -0.2) is 54.7 Å². The lowest BCUT2D eigenvalue weighted by molar-refractivity contribution is 0.333. The van der Waals surface area contributed by atoms with E-state index in [1.54, 1.807) is 62.9 Å². The highest BCUT2D eigenvalue weighted by molar-refractivity contribution is 7.92. The quantitative estimate of drug-likeness (QED) is 0.0355. The predicted octanol–water partition coefficient (Wildman–Crippen LogP) is 10.5. The van der Waals surface area contributed by atoms with Gasteiger partial charge in [-0.05, 0) is 224 Å². The van der Waals surface area contributed by atoms with E-state index in [2.05, 4.69) is 121 Å². The van der Waals surface area contributed by atoms with Crippen molar-refractivity contribution in [1.29, 1.82) is 0 Å². The lowest BCUT2D eigenvalue weighted by atomic mass is 9.90. The average Bonchev–Trinajstić information content (AvgIpc) is 1.75. The number of ether oxygens (including phenoxy) is 1. The van der Waals surface area contributed by atoms with Gasteiger partial charge in [0.05, 0.1) is 61.5 Å². The summed E-state index contributed by atoms with van der Waals surface area (Å²) < 4.78 is 89.8. The van der Waals surface area contributed by atoms with Crippen molar-refractivity contribution in [3.05, 3.63) is 241 Å². The Labute approximate surface area is 691 Å². The van der Waals surface area contributed by atoms with Crippen molar-refractivity contribution in [2.75, 3.05) is 75.1 Å². The van der Waals surface area contributed by atoms with Crippen LogP contribution in [0.5, 0.6) is 5.75 Å². The molecule has 3 aromatic carbocycles. The highest BCUT2D eigenvalue weighted by Gasteiger charge is 2.33. The van der Waals surface area contributed by atoms with Crippen LogP contribution >= 0.6 is 11.3 Å². The summed E-state index contributed by atoms with van der Waals surface area (Å²) in [5.41, 5.74) is 9.33. The van der Waals surface area contributed by atoms with E-state index in [-0.39, 0.29) is 58.5 Å². The molecule has 5 N–H and O–H groups in total. The van der Waals surface area contributed by atoms with Crippen LogP contribution in [-0.4, -0.2) is 170 Å². The van der Waals surface area contributed by atoms with E-state index in [0.29, 0.717) is 97.8 Å². The van der Waals surface area contributed by atoms with Crippen LogP contribution in [0.2, 0.25) is 0 Å². The molecule has 0 bridgehead atoms. The molecule has 119 heavy (non-hydrogen) atoms. The summed E-state index contributed by atoms with van der Waals surface area (Å²) in [5.74, 6) is 3.45. The van der Waals surface area contributed by atoms with E-state index in [4.69, 9.17) is 14.7 Å². The van der Waals surface area contributed by atoms with Gasteiger partial charge in [0.2, 0.25) is 32.2 Å². The fraction of sp³-hybridized carbons (Fsp3) is 0.361. The number of fused-ring (bicyclic) bond motifs is 3. The molecular weight excluding hydrogens is 1590 g/mol. The maximum Gasteiger partial charge on any atom is 0.296 e. The molecule has 13 heterocycles. The number of likely N-dealkylation sites (N-methyl/N-ethyl adjacent to an activating group) is 1. The molecule has 5 aliphatic rings. The zero-order valence-electron chi connectivity index (χ0n) is 66.4. The molecule has 18 rings (SSSR count). The van der Waals surface area contributed by atoms with Crippen molar-refractivity contribution in [2.45, 2.75) is 131 Å². The Kier molecular flexibility index (Phi) is 23.5. The van der Waals surface area contributed by atoms with Crippen LogP contribution in [0.1, 0.15) is 147 Å². The van der Waals surface area contributed by atoms with Crippen LogP contribution < -0.4 is 48.0 Å². The summed E-state index contributed by atoms with van der Waals surface area (Å²) in [6.07, 6.45) is 24.1. The Morgan fingerprint density at radius 3 is 1.71 bits per heavy atom. The van der Waals surface area contributed by atoms with Gasteiger partial charge in [0, 0.05) is 100.0 Å². The highest BCUT2D eigenvalue weighted by Crippen LogP contribution is 2.42. The molecule has 36 heteroatoms. The van der Waals surface area contributed by atoms with Gasteiger partial charge < -0.3 is 36.2 Å². The zero-order chi connectivity index (χ0) is 82.9. The number of nitrogens with zero attached hydrogens (tertiary/aromatic N) is 17. The van der Waals surface area contributed by atoms with Gasteiger partial charge >= 0.3 is 0 Å². The van der Waals surface area contributed by atoms with Crippen LogP contribution in [0.4, 0.5) is 34.9 Å². The number of piperidine rings is 2. The second-order valence-electron chi connectivity index (χ2n) is 31.0. The van der Waals surface area contributed by atoms with Crippen LogP contribution in [0.15, 0.2) is 184 Å². The standard InChI is InChI=1S/C30H35N7O3S.C28H28N8O3S2.C25H29N7O4S/c1-19(2)41(39,40)37-14-13-32-27(37)18-36-28-24(15-26(29(36)38)20(3)21-6-7-21)17-33-30(35-28)34-25-10-8-22(9-11-25)23-5-4-12-31-16-23;37-26-24(20-1-2-20)13-21-14-32-27(33-22-5-3-18(4-6-22)19-7-9-29-10-8-19)34-25(21)35(26)16-23-15-30-17-36(23)41(38,39)28-31-11-12-40-28;1-4-36-22-13-19-14-26-25(28-20-7-5-17(6-8-20)18-10-12-30(2)15-18)29-23(19)31(24(22)33)16-21-9-11-27-32(21)37(3,34)35/h8-11,13-15,17,19,21,23,31H,3-7,12,16,18H2,1-2H3,(H,33,34,35);3-6,11-15,17,19-20,29H,1-2,7-10,16H2,(H,32,33,34);5-9,11,13-14,18H,4,10,12,15-16H2,1-3H3,(H,26,28,29). The number of hydrogen-bond donors (Lipinski definition) is 5. The van der Waals surface area contributed by atoms with Gasteiger partial charge in [-0.3, -0.25) is 28.1 Å². The van der Waals surface area contributed by atoms with E-state index in [1.165, 1.54) is 80.5 Å². The molecule has 0 spiro atoms. The molecule has 0 amide bonds. The minimum atomic E-state index is -3.95. The highest BCUT2D eigenvalue weighted by atomic mass is 32.2. The van der Waals surface area contributed by atoms with Crippen molar-refractivity contribution in [3.63, 3.8) is 0 Å². The van der Waals surface area contributed by atoms with Crippen LogP contribution in [0, 0.1) is 5.92 Å². The first-order valence-corrected chi connectivity index (χ1v) is 45.5. The number of hydrogen-bond acceptors (Lipinski definition) is 27. The van der Waals surface area contributed by atoms with Gasteiger partial charge in [-0.1, -0.05) is 43.0 Å². The third kappa shape index (κ3) is 17.9. The van der Waals surface area contributed by atoms with Crippen LogP contribution in [0.25, 0.3) is 38.7 Å². The summed E-state index contributed by atoms with van der Waals surface area (Å²) in [7, 11) is -9.12. The van der Waals surface area contributed by atoms with Crippen LogP contribution in [-0.2, 0) is 49.7 Å². The second kappa shape index (κ2) is 34.4. The van der Waals surface area contributed by atoms with Gasteiger partial charge in [-0.15, -0.1) is 11.3 Å². The smallest absolute Gasteiger partial charge is 0.296 e. The van der Waals surface area contributed by atoms with Gasteiger partial charge in [0.1, 0.15) is 29.1 Å². The molecule has 2 aliphatic carbocycles. The molecule has 618 valence electrons. The topological polar surface area (TPSA) is 385 Å². The van der Waals surface area contributed by atoms with Crippen molar-refractivity contribution >= 4 is 115 Å². The number of thiazole rings is 1. The number of rotatable bonds is 25. The zero-order valence-corrected chi connectivity index (χ0v) is 69.7. The third-order valence-corrected chi connectivity index (χ3v) is 28.1. The molecule has 2 unspecified atom stereocenters. The molecular formula is C83H92N22O10S4. The molecule has 2 saturated carbocycles. The maximum absolute atomic E-state index is 13.9. The Bertz CT molecular complexity index is 6470. The largest absolute Gasteiger partial charge is 0.488 e. The summed E-state index contributed by atoms with van der Waals surface area (Å²) in [6.45, 7) is 15.7. The van der Waals surface area contributed by atoms with E-state index in [0.717, 1.165) is 136 Å². The van der Waals surface area contributed by atoms with Crippen molar-refractivity contribution < 1.29 is 30.0 Å². The number of anilines is 6. The van der Waals surface area contributed by atoms with E-state index >= 15 is 0 Å². The fourth-order valence-corrected chi connectivity index (χ4v) is 19.5. The van der Waals surface area contributed by atoms with E-state index in [1.807, 2.05) is 42.5 Å². The van der Waals surface area contributed by atoms with Crippen molar-refractivity contribution in [1.82, 2.24) is 91.2 Å². The summed E-state index contributed by atoms with van der Waals surface area (Å²) in [4.78, 5) is 83.1. The summed E-state index contributed by atoms with van der Waals surface area (Å²) in [5, 5.41) is 23.4. The molecule has 10 aromatic heterocycles. The first-order chi connectivity index (χ1) is 57.4. The fourth-order valence-electron chi connectivity index (χ4n) is 15.5. The number of allylic oxidation sites excluding steroid dienone is 1. The number of benzene rings is 3. The third-order valence-electron chi connectivity index (χ3n) is 22.2. The number of imidazole rings is 2.